The van der Waals surface area contributed by atoms with Crippen molar-refractivity contribution >= 4 is 34.1 Å². The average molecular weight is 486 g/mol. The number of rotatable bonds is 4. The number of carbonyl (C=O) groups is 2. The fourth-order valence-corrected chi connectivity index (χ4v) is 5.50. The number of ketones is 1. The maximum atomic E-state index is 13.8. The second-order valence-corrected chi connectivity index (χ2v) is 10.0. The van der Waals surface area contributed by atoms with Crippen molar-refractivity contribution in [2.75, 3.05) is 0 Å². The summed E-state index contributed by atoms with van der Waals surface area (Å²) in [6, 6.07) is 21.9. The minimum atomic E-state index is -0.484. The number of hydrogen-bond acceptors (Lipinski definition) is 4. The highest BCUT2D eigenvalue weighted by Crippen LogP contribution is 2.47. The Balaban J connectivity index is 1.66. The molecule has 1 aliphatic carbocycles. The van der Waals surface area contributed by atoms with Gasteiger partial charge in [0, 0.05) is 34.3 Å². The van der Waals surface area contributed by atoms with Crippen LogP contribution in [0, 0.1) is 0 Å². The summed E-state index contributed by atoms with van der Waals surface area (Å²) in [5, 5.41) is 6.20. The van der Waals surface area contributed by atoms with E-state index in [2.05, 4.69) is 23.5 Å². The largest absolute Gasteiger partial charge is 0.460 e. The van der Waals surface area contributed by atoms with E-state index in [9.17, 15) is 9.59 Å². The van der Waals surface area contributed by atoms with E-state index in [-0.39, 0.29) is 23.8 Å². The monoisotopic (exact) mass is 485 g/mol. The van der Waals surface area contributed by atoms with Crippen molar-refractivity contribution in [3.8, 4) is 0 Å². The minimum Gasteiger partial charge on any atom is -0.460 e. The molecule has 0 bridgehead atoms. The number of nitrogens with one attached hydrogen (secondary N) is 1. The van der Waals surface area contributed by atoms with Crippen molar-refractivity contribution in [3.05, 3.63) is 105 Å². The fourth-order valence-electron chi connectivity index (χ4n) is 5.37. The molecule has 2 aliphatic rings. The van der Waals surface area contributed by atoms with E-state index in [1.807, 2.05) is 69.3 Å². The van der Waals surface area contributed by atoms with Gasteiger partial charge in [0.15, 0.2) is 5.78 Å². The molecule has 5 rings (SSSR count). The third-order valence-corrected chi connectivity index (χ3v) is 7.12. The van der Waals surface area contributed by atoms with E-state index in [4.69, 9.17) is 16.3 Å². The van der Waals surface area contributed by atoms with E-state index >= 15 is 0 Å². The number of halogens is 1. The van der Waals surface area contributed by atoms with Gasteiger partial charge in [0.25, 0.3) is 0 Å². The molecule has 2 atom stereocenters. The summed E-state index contributed by atoms with van der Waals surface area (Å²) in [7, 11) is 0. The first-order valence-electron chi connectivity index (χ1n) is 12.0. The summed E-state index contributed by atoms with van der Waals surface area (Å²) in [6.07, 6.45) is 0.811. The average Bonchev–Trinajstić information content (AvgIpc) is 2.82. The smallest absolute Gasteiger partial charge is 0.337 e. The molecule has 0 radical (unpaired) electrons. The van der Waals surface area contributed by atoms with Gasteiger partial charge in [0.05, 0.1) is 11.7 Å². The molecule has 1 heterocycles. The Morgan fingerprint density at radius 1 is 1.00 bits per heavy atom. The Morgan fingerprint density at radius 3 is 2.46 bits per heavy atom. The number of ether oxygens (including phenoxy) is 1. The lowest BCUT2D eigenvalue weighted by molar-refractivity contribution is -0.143. The number of hydrogen-bond donors (Lipinski definition) is 1. The van der Waals surface area contributed by atoms with E-state index < -0.39 is 5.92 Å². The summed E-state index contributed by atoms with van der Waals surface area (Å²) in [5.74, 6) is -0.764. The SMILES string of the molecule is CC1=C(C(=O)OC(C)C)C(c2cccc3ccccc23)C2=C(CC(c3ccc(Cl)cc3)CC2=O)N1. The van der Waals surface area contributed by atoms with Gasteiger partial charge in [-0.3, -0.25) is 4.79 Å². The maximum Gasteiger partial charge on any atom is 0.337 e. The number of esters is 1. The zero-order valence-electron chi connectivity index (χ0n) is 20.1. The van der Waals surface area contributed by atoms with Crippen molar-refractivity contribution in [2.45, 2.75) is 51.6 Å². The first kappa shape index (κ1) is 23.4. The first-order chi connectivity index (χ1) is 16.8. The third-order valence-electron chi connectivity index (χ3n) is 6.87. The lowest BCUT2D eigenvalue weighted by Crippen LogP contribution is -2.36. The Kier molecular flexibility index (Phi) is 6.24. The van der Waals surface area contributed by atoms with E-state index in [0.29, 0.717) is 29.0 Å². The number of dihydropyridines is 1. The normalized spacial score (nSPS) is 20.2. The molecule has 178 valence electrons. The minimum absolute atomic E-state index is 0.0520. The molecule has 0 spiro atoms. The Morgan fingerprint density at radius 2 is 1.71 bits per heavy atom. The van der Waals surface area contributed by atoms with Crippen LogP contribution in [-0.2, 0) is 14.3 Å². The maximum absolute atomic E-state index is 13.8. The molecule has 0 amide bonds. The molecule has 2 unspecified atom stereocenters. The van der Waals surface area contributed by atoms with Crippen LogP contribution in [-0.4, -0.2) is 17.9 Å². The molecule has 1 N–H and O–H groups in total. The van der Waals surface area contributed by atoms with Crippen molar-refractivity contribution < 1.29 is 14.3 Å². The molecule has 3 aromatic carbocycles. The summed E-state index contributed by atoms with van der Waals surface area (Å²) in [5.41, 5.74) is 4.84. The van der Waals surface area contributed by atoms with Crippen LogP contribution in [0.3, 0.4) is 0 Å². The van der Waals surface area contributed by atoms with Gasteiger partial charge in [-0.05, 0) is 67.1 Å². The zero-order chi connectivity index (χ0) is 24.7. The third kappa shape index (κ3) is 4.39. The summed E-state index contributed by atoms with van der Waals surface area (Å²) >= 11 is 6.09. The van der Waals surface area contributed by atoms with Crippen LogP contribution in [0.5, 0.6) is 0 Å². The molecule has 0 saturated heterocycles. The number of Topliss-reactive ketones (excluding diaryl/α,β-unsaturated/α-hetero) is 1. The fraction of sp³-hybridized carbons (Fsp3) is 0.267. The van der Waals surface area contributed by atoms with Crippen molar-refractivity contribution in [2.24, 2.45) is 0 Å². The molecule has 3 aromatic rings. The topological polar surface area (TPSA) is 55.4 Å². The van der Waals surface area contributed by atoms with Gasteiger partial charge in [-0.1, -0.05) is 66.2 Å². The first-order valence-corrected chi connectivity index (χ1v) is 12.4. The molecule has 0 aromatic heterocycles. The standard InChI is InChI=1S/C30H28ClNO3/c1-17(2)35-30(34)27-18(3)32-25-15-21(19-11-13-22(31)14-12-19)16-26(33)29(25)28(27)24-10-6-8-20-7-4-5-9-23(20)24/h4-14,17,21,28,32H,15-16H2,1-3H3. The van der Waals surface area contributed by atoms with Gasteiger partial charge in [-0.15, -0.1) is 0 Å². The second-order valence-electron chi connectivity index (χ2n) is 9.59. The molecule has 4 nitrogen and oxygen atoms in total. The number of fused-ring (bicyclic) bond motifs is 1. The zero-order valence-corrected chi connectivity index (χ0v) is 20.9. The summed E-state index contributed by atoms with van der Waals surface area (Å²) < 4.78 is 5.66. The number of allylic oxidation sites excluding steroid dienone is 3. The van der Waals surface area contributed by atoms with Gasteiger partial charge < -0.3 is 10.1 Å². The molecule has 1 aliphatic heterocycles. The number of benzene rings is 3. The van der Waals surface area contributed by atoms with Crippen LogP contribution in [0.25, 0.3) is 10.8 Å². The van der Waals surface area contributed by atoms with E-state index in [1.165, 1.54) is 0 Å². The second kappa shape index (κ2) is 9.35. The Bertz CT molecular complexity index is 1380. The van der Waals surface area contributed by atoms with Crippen LogP contribution < -0.4 is 5.32 Å². The van der Waals surface area contributed by atoms with Crippen LogP contribution in [0.15, 0.2) is 89.3 Å². The van der Waals surface area contributed by atoms with Crippen LogP contribution in [0.2, 0.25) is 5.02 Å². The molecule has 0 fully saturated rings. The van der Waals surface area contributed by atoms with Gasteiger partial charge >= 0.3 is 5.97 Å². The predicted molar refractivity (Wildman–Crippen MR) is 139 cm³/mol. The van der Waals surface area contributed by atoms with Gasteiger partial charge in [-0.25, -0.2) is 4.79 Å². The quantitative estimate of drug-likeness (QED) is 0.412. The highest BCUT2D eigenvalue weighted by molar-refractivity contribution is 6.30. The Labute approximate surface area is 210 Å². The molecular weight excluding hydrogens is 458 g/mol. The number of carbonyl (C=O) groups excluding carboxylic acids is 2. The van der Waals surface area contributed by atoms with Crippen LogP contribution in [0.4, 0.5) is 0 Å². The lowest BCUT2D eigenvalue weighted by Gasteiger charge is -2.37. The highest BCUT2D eigenvalue weighted by Gasteiger charge is 2.42. The molecule has 5 heteroatoms. The molecule has 35 heavy (non-hydrogen) atoms. The van der Waals surface area contributed by atoms with Gasteiger partial charge in [-0.2, -0.15) is 0 Å². The van der Waals surface area contributed by atoms with Crippen molar-refractivity contribution in [3.63, 3.8) is 0 Å². The van der Waals surface area contributed by atoms with Gasteiger partial charge in [0.1, 0.15) is 0 Å². The van der Waals surface area contributed by atoms with E-state index in [0.717, 1.165) is 33.3 Å². The van der Waals surface area contributed by atoms with Crippen molar-refractivity contribution in [1.82, 2.24) is 5.32 Å². The van der Waals surface area contributed by atoms with Gasteiger partial charge in [0.2, 0.25) is 0 Å². The van der Waals surface area contributed by atoms with Crippen LogP contribution in [0.1, 0.15) is 56.6 Å². The highest BCUT2D eigenvalue weighted by atomic mass is 35.5. The van der Waals surface area contributed by atoms with E-state index in [1.54, 1.807) is 0 Å². The predicted octanol–water partition coefficient (Wildman–Crippen LogP) is 6.81. The molecular formula is C30H28ClNO3. The summed E-state index contributed by atoms with van der Waals surface area (Å²) in [6.45, 7) is 5.57. The lowest BCUT2D eigenvalue weighted by atomic mass is 9.71. The molecule has 0 saturated carbocycles. The Hall–Kier alpha value is -3.37. The summed E-state index contributed by atoms with van der Waals surface area (Å²) in [4.78, 5) is 27.2. The van der Waals surface area contributed by atoms with Crippen LogP contribution >= 0.6 is 11.6 Å². The van der Waals surface area contributed by atoms with Crippen molar-refractivity contribution in [1.29, 1.82) is 0 Å².